The fraction of sp³-hybridized carbons (Fsp3) is 0.261. The monoisotopic (exact) mass is 474 g/mol. The summed E-state index contributed by atoms with van der Waals surface area (Å²) in [6, 6.07) is 11.9. The summed E-state index contributed by atoms with van der Waals surface area (Å²) >= 11 is 6.85. The zero-order valence-electron chi connectivity index (χ0n) is 17.7. The van der Waals surface area contributed by atoms with Gasteiger partial charge in [-0.05, 0) is 67.1 Å². The molecule has 32 heavy (non-hydrogen) atoms. The molecule has 1 N–H and O–H groups in total. The van der Waals surface area contributed by atoms with Gasteiger partial charge in [-0.1, -0.05) is 30.7 Å². The van der Waals surface area contributed by atoms with E-state index in [2.05, 4.69) is 5.32 Å². The summed E-state index contributed by atoms with van der Waals surface area (Å²) in [5.41, 5.74) is 1.26. The first kappa shape index (κ1) is 23.7. The molecule has 1 heterocycles. The van der Waals surface area contributed by atoms with Gasteiger partial charge in [0.1, 0.15) is 0 Å². The number of carbonyl (C=O) groups excluding carboxylic acids is 3. The van der Waals surface area contributed by atoms with Gasteiger partial charge in [0.15, 0.2) is 18.1 Å². The number of ether oxygens (including phenoxy) is 2. The molecule has 7 nitrogen and oxygen atoms in total. The summed E-state index contributed by atoms with van der Waals surface area (Å²) in [6.45, 7) is 4.31. The van der Waals surface area contributed by atoms with E-state index in [1.54, 1.807) is 48.5 Å². The van der Waals surface area contributed by atoms with Crippen LogP contribution in [0.4, 0.5) is 10.5 Å². The second kappa shape index (κ2) is 11.1. The highest BCUT2D eigenvalue weighted by Gasteiger charge is 2.34. The highest BCUT2D eigenvalue weighted by molar-refractivity contribution is 8.18. The molecule has 0 radical (unpaired) electrons. The minimum Gasteiger partial charge on any atom is -0.490 e. The molecular formula is C23H23ClN2O5S. The van der Waals surface area contributed by atoms with Gasteiger partial charge in [0.05, 0.1) is 11.5 Å². The van der Waals surface area contributed by atoms with Crippen LogP contribution in [0.15, 0.2) is 47.4 Å². The fourth-order valence-electron chi connectivity index (χ4n) is 2.98. The molecule has 0 aromatic heterocycles. The van der Waals surface area contributed by atoms with Crippen LogP contribution < -0.4 is 14.8 Å². The number of carbonyl (C=O) groups is 3. The number of amides is 3. The van der Waals surface area contributed by atoms with E-state index in [1.807, 2.05) is 13.8 Å². The lowest BCUT2D eigenvalue weighted by Gasteiger charge is -2.13. The lowest BCUT2D eigenvalue weighted by Crippen LogP contribution is -2.28. The molecule has 3 amide bonds. The van der Waals surface area contributed by atoms with Crippen LogP contribution in [0.25, 0.3) is 6.08 Å². The molecule has 0 saturated carbocycles. The van der Waals surface area contributed by atoms with Crippen LogP contribution in [0.5, 0.6) is 11.5 Å². The van der Waals surface area contributed by atoms with Crippen molar-refractivity contribution in [3.63, 3.8) is 0 Å². The summed E-state index contributed by atoms with van der Waals surface area (Å²) in [6.07, 6.45) is 2.36. The van der Waals surface area contributed by atoms with Gasteiger partial charge in [0.2, 0.25) is 0 Å². The third kappa shape index (κ3) is 6.05. The Labute approximate surface area is 195 Å². The van der Waals surface area contributed by atoms with E-state index in [9.17, 15) is 14.4 Å². The van der Waals surface area contributed by atoms with Crippen molar-refractivity contribution < 1.29 is 23.9 Å². The molecule has 2 aromatic carbocycles. The summed E-state index contributed by atoms with van der Waals surface area (Å²) in [5.74, 6) is 0.190. The largest absolute Gasteiger partial charge is 0.490 e. The molecule has 2 aromatic rings. The van der Waals surface area contributed by atoms with Gasteiger partial charge in [-0.25, -0.2) is 0 Å². The van der Waals surface area contributed by atoms with E-state index in [0.717, 1.165) is 11.8 Å². The van der Waals surface area contributed by atoms with E-state index >= 15 is 0 Å². The Morgan fingerprint density at radius 1 is 1.12 bits per heavy atom. The summed E-state index contributed by atoms with van der Waals surface area (Å²) in [7, 11) is 0. The Morgan fingerprint density at radius 2 is 1.94 bits per heavy atom. The molecule has 0 aliphatic carbocycles. The minimum atomic E-state index is -0.344. The smallest absolute Gasteiger partial charge is 0.293 e. The van der Waals surface area contributed by atoms with Crippen molar-refractivity contribution in [2.24, 2.45) is 0 Å². The summed E-state index contributed by atoms with van der Waals surface area (Å²) < 4.78 is 11.3. The number of hydrogen-bond donors (Lipinski definition) is 1. The number of rotatable bonds is 9. The number of anilines is 1. The maximum atomic E-state index is 12.4. The van der Waals surface area contributed by atoms with Gasteiger partial charge in [-0.2, -0.15) is 0 Å². The third-order valence-electron chi connectivity index (χ3n) is 4.35. The zero-order valence-corrected chi connectivity index (χ0v) is 19.3. The Morgan fingerprint density at radius 3 is 2.66 bits per heavy atom. The second-order valence-electron chi connectivity index (χ2n) is 6.82. The quantitative estimate of drug-likeness (QED) is 0.502. The van der Waals surface area contributed by atoms with Crippen molar-refractivity contribution in [1.82, 2.24) is 4.90 Å². The first-order valence-electron chi connectivity index (χ1n) is 10.1. The SMILES string of the molecule is CCCN1C(=O)S/C(=C/c2ccc(OCC(=O)Nc3cccc(Cl)c3)c(OCC)c2)C1=O. The van der Waals surface area contributed by atoms with Gasteiger partial charge in [0, 0.05) is 17.3 Å². The number of benzene rings is 2. The van der Waals surface area contributed by atoms with E-state index < -0.39 is 0 Å². The van der Waals surface area contributed by atoms with Crippen LogP contribution in [0.3, 0.4) is 0 Å². The third-order valence-corrected chi connectivity index (χ3v) is 5.50. The second-order valence-corrected chi connectivity index (χ2v) is 8.25. The van der Waals surface area contributed by atoms with Crippen molar-refractivity contribution in [3.05, 3.63) is 58.0 Å². The van der Waals surface area contributed by atoms with E-state index in [-0.39, 0.29) is 23.7 Å². The van der Waals surface area contributed by atoms with Crippen molar-refractivity contribution in [1.29, 1.82) is 0 Å². The number of hydrogen-bond acceptors (Lipinski definition) is 6. The number of nitrogens with one attached hydrogen (secondary N) is 1. The molecule has 1 aliphatic rings. The average Bonchev–Trinajstić information content (AvgIpc) is 3.01. The van der Waals surface area contributed by atoms with Crippen LogP contribution in [-0.2, 0) is 9.59 Å². The number of nitrogens with zero attached hydrogens (tertiary/aromatic N) is 1. The van der Waals surface area contributed by atoms with Crippen LogP contribution in [0, 0.1) is 0 Å². The average molecular weight is 475 g/mol. The molecule has 3 rings (SSSR count). The number of imide groups is 1. The Kier molecular flexibility index (Phi) is 8.19. The molecule has 0 bridgehead atoms. The Balaban J connectivity index is 1.70. The topological polar surface area (TPSA) is 84.9 Å². The lowest BCUT2D eigenvalue weighted by molar-refractivity contribution is -0.122. The maximum absolute atomic E-state index is 12.4. The number of halogens is 1. The van der Waals surface area contributed by atoms with Gasteiger partial charge < -0.3 is 14.8 Å². The summed E-state index contributed by atoms with van der Waals surface area (Å²) in [4.78, 5) is 38.3. The van der Waals surface area contributed by atoms with Crippen molar-refractivity contribution >= 4 is 52.2 Å². The normalized spacial score (nSPS) is 14.7. The van der Waals surface area contributed by atoms with Crippen LogP contribution in [0.1, 0.15) is 25.8 Å². The fourth-order valence-corrected chi connectivity index (χ4v) is 4.03. The predicted molar refractivity (Wildman–Crippen MR) is 126 cm³/mol. The highest BCUT2D eigenvalue weighted by atomic mass is 35.5. The van der Waals surface area contributed by atoms with Gasteiger partial charge in [-0.15, -0.1) is 0 Å². The van der Waals surface area contributed by atoms with Crippen molar-refractivity contribution in [3.8, 4) is 11.5 Å². The van der Waals surface area contributed by atoms with Crippen molar-refractivity contribution in [2.75, 3.05) is 25.1 Å². The van der Waals surface area contributed by atoms with Crippen molar-refractivity contribution in [2.45, 2.75) is 20.3 Å². The predicted octanol–water partition coefficient (Wildman–Crippen LogP) is 5.20. The van der Waals surface area contributed by atoms with Gasteiger partial charge in [0.25, 0.3) is 17.1 Å². The van der Waals surface area contributed by atoms with Crippen LogP contribution in [0.2, 0.25) is 5.02 Å². The molecule has 1 saturated heterocycles. The minimum absolute atomic E-state index is 0.220. The molecule has 0 spiro atoms. The Hall–Kier alpha value is -2.97. The molecule has 1 fully saturated rings. The highest BCUT2D eigenvalue weighted by Crippen LogP contribution is 2.34. The zero-order chi connectivity index (χ0) is 23.1. The molecule has 9 heteroatoms. The standard InChI is InChI=1S/C23H23ClN2O5S/c1-3-10-26-22(28)20(32-23(26)29)12-15-8-9-18(19(11-15)30-4-2)31-14-21(27)25-17-7-5-6-16(24)13-17/h5-9,11-13H,3-4,10,14H2,1-2H3,(H,25,27)/b20-12+. The molecule has 1 aliphatic heterocycles. The van der Waals surface area contributed by atoms with Gasteiger partial charge in [-0.3, -0.25) is 19.3 Å². The molecule has 0 unspecified atom stereocenters. The first-order chi connectivity index (χ1) is 15.4. The van der Waals surface area contributed by atoms with Crippen LogP contribution in [-0.4, -0.2) is 41.7 Å². The number of thioether (sulfide) groups is 1. The summed E-state index contributed by atoms with van der Waals surface area (Å²) in [5, 5.41) is 2.97. The van der Waals surface area contributed by atoms with Crippen LogP contribution >= 0.6 is 23.4 Å². The molecular weight excluding hydrogens is 452 g/mol. The lowest BCUT2D eigenvalue weighted by atomic mass is 10.2. The van der Waals surface area contributed by atoms with E-state index in [0.29, 0.717) is 52.3 Å². The van der Waals surface area contributed by atoms with Gasteiger partial charge >= 0.3 is 0 Å². The Bertz CT molecular complexity index is 1060. The first-order valence-corrected chi connectivity index (χ1v) is 11.3. The van der Waals surface area contributed by atoms with E-state index in [4.69, 9.17) is 21.1 Å². The molecule has 168 valence electrons. The van der Waals surface area contributed by atoms with E-state index in [1.165, 1.54) is 4.90 Å². The maximum Gasteiger partial charge on any atom is 0.293 e. The molecule has 0 atom stereocenters.